The van der Waals surface area contributed by atoms with Gasteiger partial charge in [0.15, 0.2) is 5.82 Å². The number of aliphatic hydroxyl groups is 1. The number of fused-ring (bicyclic) bond motifs is 3. The van der Waals surface area contributed by atoms with Crippen molar-refractivity contribution in [2.24, 2.45) is 10.4 Å². The Hall–Kier alpha value is -6.60. The van der Waals surface area contributed by atoms with Crippen LogP contribution in [0.5, 0.6) is 5.88 Å². The van der Waals surface area contributed by atoms with Crippen LogP contribution in [-0.2, 0) is 14.4 Å². The van der Waals surface area contributed by atoms with E-state index in [4.69, 9.17) is 26.4 Å². The molecule has 10 rings (SSSR count). The third-order valence-electron chi connectivity index (χ3n) is 14.1. The van der Waals surface area contributed by atoms with Gasteiger partial charge in [0.05, 0.1) is 46.6 Å². The molecule has 2 aliphatic heterocycles. The highest BCUT2D eigenvalue weighted by Gasteiger charge is 2.45. The lowest BCUT2D eigenvalue weighted by atomic mass is 9.85. The Bertz CT molecular complexity index is 3240. The molecule has 7 aromatic rings. The first-order valence-electron chi connectivity index (χ1n) is 24.5. The second-order valence-electron chi connectivity index (χ2n) is 20.5. The van der Waals surface area contributed by atoms with Crippen LogP contribution in [0.1, 0.15) is 116 Å². The van der Waals surface area contributed by atoms with Crippen LogP contribution < -0.4 is 15.4 Å². The second-order valence-corrected chi connectivity index (χ2v) is 23.0. The van der Waals surface area contributed by atoms with Gasteiger partial charge in [-0.2, -0.15) is 5.10 Å². The van der Waals surface area contributed by atoms with E-state index in [2.05, 4.69) is 44.6 Å². The first kappa shape index (κ1) is 50.0. The average Bonchev–Trinajstić information content (AvgIpc) is 4.19. The van der Waals surface area contributed by atoms with Crippen molar-refractivity contribution in [2.45, 2.75) is 123 Å². The number of aliphatic imine (C=N–C) groups is 1. The molecule has 3 aliphatic rings. The molecule has 1 saturated heterocycles. The minimum Gasteiger partial charge on any atom is -0.474 e. The van der Waals surface area contributed by atoms with Gasteiger partial charge in [-0.25, -0.2) is 9.97 Å². The summed E-state index contributed by atoms with van der Waals surface area (Å²) in [5.41, 5.74) is 9.55. The summed E-state index contributed by atoms with van der Waals surface area (Å²) in [7, 11) is 0. The van der Waals surface area contributed by atoms with Crippen molar-refractivity contribution in [2.75, 3.05) is 6.54 Å². The maximum Gasteiger partial charge on any atom is 0.248 e. The fraction of sp³-hybridized carbons (Fsp3) is 0.389. The highest BCUT2D eigenvalue weighted by molar-refractivity contribution is 7.15. The number of pyridine rings is 1. The van der Waals surface area contributed by atoms with E-state index in [1.807, 2.05) is 118 Å². The third kappa shape index (κ3) is 10.1. The molecule has 0 radical (unpaired) electrons. The van der Waals surface area contributed by atoms with Gasteiger partial charge in [-0.3, -0.25) is 28.6 Å². The fourth-order valence-corrected chi connectivity index (χ4v) is 12.2. The molecule has 378 valence electrons. The van der Waals surface area contributed by atoms with Gasteiger partial charge in [-0.05, 0) is 80.5 Å². The number of aromatic nitrogens is 7. The molecule has 5 atom stereocenters. The number of aryl methyl sites for hydroxylation is 3. The van der Waals surface area contributed by atoms with Gasteiger partial charge in [0.1, 0.15) is 35.1 Å². The number of rotatable bonds is 13. The van der Waals surface area contributed by atoms with Crippen LogP contribution in [0.3, 0.4) is 0 Å². The second kappa shape index (κ2) is 20.0. The Morgan fingerprint density at radius 1 is 0.932 bits per heavy atom. The van der Waals surface area contributed by atoms with Gasteiger partial charge in [-0.1, -0.05) is 68.8 Å². The maximum absolute atomic E-state index is 14.6. The number of β-amino-alcohol motifs (C(OH)–C–C–N with tert-alkyl or cyclic N) is 1. The van der Waals surface area contributed by atoms with Crippen LogP contribution in [0.2, 0.25) is 5.02 Å². The molecule has 19 heteroatoms. The number of hydrogen-bond acceptors (Lipinski definition) is 13. The number of aliphatic hydroxyl groups excluding tert-OH is 1. The third-order valence-corrected chi connectivity index (χ3v) is 16.5. The van der Waals surface area contributed by atoms with Crippen molar-refractivity contribution in [3.63, 3.8) is 0 Å². The monoisotopic (exact) mass is 1040 g/mol. The minimum absolute atomic E-state index is 0.0341. The molecule has 5 aromatic heterocycles. The summed E-state index contributed by atoms with van der Waals surface area (Å²) < 4.78 is 10.0. The Kier molecular flexibility index (Phi) is 13.7. The Labute approximate surface area is 436 Å². The zero-order valence-corrected chi connectivity index (χ0v) is 44.3. The molecule has 3 amide bonds. The van der Waals surface area contributed by atoms with Gasteiger partial charge >= 0.3 is 0 Å². The van der Waals surface area contributed by atoms with E-state index < -0.39 is 29.6 Å². The summed E-state index contributed by atoms with van der Waals surface area (Å²) in [6, 6.07) is 16.7. The quantitative estimate of drug-likeness (QED) is 0.100. The zero-order valence-electron chi connectivity index (χ0n) is 42.0. The summed E-state index contributed by atoms with van der Waals surface area (Å²) in [5, 5.41) is 32.4. The number of thiazole rings is 1. The Morgan fingerprint density at radius 3 is 2.38 bits per heavy atom. The average molecular weight is 1040 g/mol. The molecule has 1 aliphatic carbocycles. The smallest absolute Gasteiger partial charge is 0.248 e. The number of hydrogen-bond donors (Lipinski definition) is 3. The summed E-state index contributed by atoms with van der Waals surface area (Å²) in [5.74, 6) is 1.02. The van der Waals surface area contributed by atoms with Gasteiger partial charge in [0.25, 0.3) is 0 Å². The lowest BCUT2D eigenvalue weighted by Gasteiger charge is -2.35. The van der Waals surface area contributed by atoms with Gasteiger partial charge in [0.2, 0.25) is 23.6 Å². The maximum atomic E-state index is 14.6. The van der Waals surface area contributed by atoms with Crippen LogP contribution in [0.25, 0.3) is 26.6 Å². The number of ether oxygens (including phenoxy) is 1. The fourth-order valence-electron chi connectivity index (χ4n) is 10.1. The number of likely N-dealkylation sites (tertiary alicyclic amines) is 1. The topological polar surface area (TPSA) is 195 Å². The summed E-state index contributed by atoms with van der Waals surface area (Å²) in [4.78, 5) is 60.2. The molecule has 0 spiro atoms. The molecule has 16 nitrogen and oxygen atoms in total. The summed E-state index contributed by atoms with van der Waals surface area (Å²) in [6.45, 7) is 15.9. The van der Waals surface area contributed by atoms with Crippen molar-refractivity contribution in [1.82, 2.24) is 50.0 Å². The van der Waals surface area contributed by atoms with E-state index in [9.17, 15) is 19.5 Å². The molecule has 0 bridgehead atoms. The number of thiophene rings is 1. The predicted molar refractivity (Wildman–Crippen MR) is 282 cm³/mol. The van der Waals surface area contributed by atoms with Crippen molar-refractivity contribution in [3.05, 3.63) is 134 Å². The van der Waals surface area contributed by atoms with E-state index in [1.165, 1.54) is 9.78 Å². The van der Waals surface area contributed by atoms with Crippen molar-refractivity contribution in [1.29, 1.82) is 0 Å². The van der Waals surface area contributed by atoms with Crippen LogP contribution >= 0.6 is 34.3 Å². The van der Waals surface area contributed by atoms with Gasteiger partial charge in [-0.15, -0.1) is 32.9 Å². The number of carbonyl (C=O) groups is 3. The first-order chi connectivity index (χ1) is 34.9. The van der Waals surface area contributed by atoms with Gasteiger partial charge in [0, 0.05) is 76.9 Å². The van der Waals surface area contributed by atoms with Crippen LogP contribution in [0, 0.1) is 33.1 Å². The molecule has 1 saturated carbocycles. The molecular formula is C54H58ClN11O5S2. The molecule has 2 fully saturated rings. The van der Waals surface area contributed by atoms with E-state index >= 15 is 0 Å². The summed E-state index contributed by atoms with van der Waals surface area (Å²) >= 11 is 9.54. The molecule has 7 heterocycles. The normalized spacial score (nSPS) is 20.3. The van der Waals surface area contributed by atoms with E-state index in [0.29, 0.717) is 29.6 Å². The molecule has 2 aromatic carbocycles. The van der Waals surface area contributed by atoms with Crippen molar-refractivity contribution >= 4 is 57.7 Å². The Balaban J connectivity index is 0.772. The molecule has 73 heavy (non-hydrogen) atoms. The van der Waals surface area contributed by atoms with Crippen LogP contribution in [0.15, 0.2) is 89.8 Å². The standard InChI is InChI=1S/C54H58ClN11O5S2/c1-28-31(4)73-53-46(28)47(34-13-15-38(55)16-14-34)61-42(50-63-62-32(5)66(50)53)23-44(68)60-39-20-41(21-39)71-45-19-36(17-18-56-45)37-24-58-65(25-37)49(54(6,7)8)52(70)64-26-40(67)22-43(64)51(69)59-29(2)33-9-11-35(12-10-33)48-30(3)57-27-72-48/h9-19,24-25,27,29,39-43,49,67H,20-23,26H2,1-8H3,(H,59,69)(H,60,68)/t29-,39-,40+,41+,42-,43-,49?/m0/s1. The molecular weight excluding hydrogens is 982 g/mol. The summed E-state index contributed by atoms with van der Waals surface area (Å²) in [6.07, 6.45) is 5.61. The number of amides is 3. The highest BCUT2D eigenvalue weighted by atomic mass is 35.5. The predicted octanol–water partition coefficient (Wildman–Crippen LogP) is 9.03. The number of nitrogens with zero attached hydrogens (tertiary/aromatic N) is 9. The zero-order chi connectivity index (χ0) is 51.5. The Morgan fingerprint density at radius 2 is 1.67 bits per heavy atom. The first-order valence-corrected chi connectivity index (χ1v) is 26.6. The number of nitrogens with one attached hydrogen (secondary N) is 2. The van der Waals surface area contributed by atoms with Crippen molar-refractivity contribution in [3.8, 4) is 32.4 Å². The number of halogens is 1. The lowest BCUT2D eigenvalue weighted by molar-refractivity contribution is -0.144. The minimum atomic E-state index is -0.857. The van der Waals surface area contributed by atoms with E-state index in [-0.39, 0.29) is 55.3 Å². The number of benzene rings is 2. The van der Waals surface area contributed by atoms with E-state index in [1.54, 1.807) is 39.7 Å². The molecule has 3 N–H and O–H groups in total. The van der Waals surface area contributed by atoms with Crippen LogP contribution in [-0.4, -0.2) is 98.8 Å². The van der Waals surface area contributed by atoms with E-state index in [0.717, 1.165) is 66.1 Å². The number of carbonyl (C=O) groups excluding carboxylic acids is 3. The largest absolute Gasteiger partial charge is 0.474 e. The highest BCUT2D eigenvalue weighted by Crippen LogP contribution is 2.41. The lowest BCUT2D eigenvalue weighted by Crippen LogP contribution is -2.50. The molecule has 1 unspecified atom stereocenters. The van der Waals surface area contributed by atoms with Crippen molar-refractivity contribution < 1.29 is 24.2 Å². The van der Waals surface area contributed by atoms with Crippen LogP contribution in [0.4, 0.5) is 0 Å². The van der Waals surface area contributed by atoms with Gasteiger partial charge < -0.3 is 25.4 Å². The SMILES string of the molecule is Cc1ncsc1-c1ccc([C@H](C)NC(=O)[C@@H]2C[C@@H](O)CN2C(=O)C(n2cc(-c3ccnc(O[C@H]4C[C@@H](NC(=O)C[C@@H]5N=C(c6ccc(Cl)cc6)c6c(sc(C)c6C)-n6c(C)nnc65)C4)c3)cn2)C(C)(C)C)cc1.